The molecule has 4 amide bonds. The normalized spacial score (nSPS) is 15.9. The molecule has 0 spiro atoms. The molecule has 0 unspecified atom stereocenters. The van der Waals surface area contributed by atoms with E-state index in [9.17, 15) is 28.8 Å². The van der Waals surface area contributed by atoms with Gasteiger partial charge in [-0.25, -0.2) is 0 Å². The fourth-order valence-corrected chi connectivity index (χ4v) is 4.60. The maximum absolute atomic E-state index is 12.4. The predicted octanol–water partition coefficient (Wildman–Crippen LogP) is -1.24. The van der Waals surface area contributed by atoms with Crippen LogP contribution in [-0.4, -0.2) is 45.4 Å². The van der Waals surface area contributed by atoms with Crippen LogP contribution in [0.3, 0.4) is 0 Å². The molecule has 11 heteroatoms. The van der Waals surface area contributed by atoms with Gasteiger partial charge in [-0.3, -0.25) is 0 Å². The Morgan fingerprint density at radius 2 is 1.03 bits per heavy atom. The quantitative estimate of drug-likeness (QED) is 0.267. The van der Waals surface area contributed by atoms with Gasteiger partial charge >= 0.3 is 223 Å². The SMILES string of the molecule is O=C(O[I-]OC(=O)C1=CC(=O)N(Cc2ccccc2)C(=O)C1)C1=CC(=O)N(Cc2ccccc2)C(=O)C1. The van der Waals surface area contributed by atoms with Gasteiger partial charge in [-0.05, 0) is 0 Å². The van der Waals surface area contributed by atoms with Gasteiger partial charge in [0.25, 0.3) is 0 Å². The summed E-state index contributed by atoms with van der Waals surface area (Å²) in [6, 6.07) is 17.9. The van der Waals surface area contributed by atoms with Crippen LogP contribution in [0.15, 0.2) is 84.0 Å². The van der Waals surface area contributed by atoms with Crippen LogP contribution in [-0.2, 0) is 48.0 Å². The molecule has 0 atom stereocenters. The topological polar surface area (TPSA) is 127 Å². The van der Waals surface area contributed by atoms with Crippen LogP contribution >= 0.6 is 0 Å². The van der Waals surface area contributed by atoms with Gasteiger partial charge in [-0.1, -0.05) is 0 Å². The summed E-state index contributed by atoms with van der Waals surface area (Å²) in [5.41, 5.74) is 1.24. The van der Waals surface area contributed by atoms with Crippen molar-refractivity contribution < 1.29 is 56.9 Å². The number of hydrogen-bond donors (Lipinski definition) is 0. The first-order chi connectivity index (χ1) is 17.8. The van der Waals surface area contributed by atoms with E-state index in [-0.39, 0.29) is 37.1 Å². The molecule has 2 heterocycles. The molecule has 0 fully saturated rings. The number of carbonyl (C=O) groups excluding carboxylic acids is 6. The molecule has 2 aromatic rings. The van der Waals surface area contributed by atoms with E-state index in [4.69, 9.17) is 6.13 Å². The van der Waals surface area contributed by atoms with Gasteiger partial charge in [0.15, 0.2) is 0 Å². The Morgan fingerprint density at radius 1 is 0.649 bits per heavy atom. The van der Waals surface area contributed by atoms with Gasteiger partial charge < -0.3 is 0 Å². The molecule has 0 aliphatic carbocycles. The van der Waals surface area contributed by atoms with Crippen molar-refractivity contribution in [3.8, 4) is 0 Å². The fourth-order valence-electron chi connectivity index (χ4n) is 3.62. The van der Waals surface area contributed by atoms with E-state index in [0.29, 0.717) is 0 Å². The first-order valence-corrected chi connectivity index (χ1v) is 12.8. The Morgan fingerprint density at radius 3 is 1.38 bits per heavy atom. The van der Waals surface area contributed by atoms with E-state index >= 15 is 0 Å². The van der Waals surface area contributed by atoms with Crippen LogP contribution in [0, 0.1) is 0 Å². The number of amides is 4. The molecule has 0 N–H and O–H groups in total. The van der Waals surface area contributed by atoms with E-state index in [1.807, 2.05) is 12.1 Å². The summed E-state index contributed by atoms with van der Waals surface area (Å²) in [6.07, 6.45) is 1.39. The molecule has 10 nitrogen and oxygen atoms in total. The first kappa shape index (κ1) is 25.9. The van der Waals surface area contributed by atoms with Gasteiger partial charge in [0.1, 0.15) is 0 Å². The van der Waals surface area contributed by atoms with E-state index in [0.717, 1.165) is 33.1 Å². The Kier molecular flexibility index (Phi) is 8.23. The zero-order valence-corrected chi connectivity index (χ0v) is 21.5. The average molecular weight is 615 g/mol. The number of halogens is 1. The summed E-state index contributed by atoms with van der Waals surface area (Å²) in [6.45, 7) is 0.161. The second kappa shape index (κ2) is 11.7. The van der Waals surface area contributed by atoms with Crippen LogP contribution < -0.4 is 22.0 Å². The molecule has 2 aliphatic rings. The monoisotopic (exact) mass is 615 g/mol. The van der Waals surface area contributed by atoms with Crippen molar-refractivity contribution in [3.63, 3.8) is 0 Å². The zero-order chi connectivity index (χ0) is 26.4. The Bertz CT molecular complexity index is 1220. The molecule has 37 heavy (non-hydrogen) atoms. The molecular weight excluding hydrogens is 595 g/mol. The van der Waals surface area contributed by atoms with E-state index in [1.54, 1.807) is 48.5 Å². The van der Waals surface area contributed by atoms with Crippen molar-refractivity contribution in [2.45, 2.75) is 25.9 Å². The van der Waals surface area contributed by atoms with Crippen LogP contribution in [0.5, 0.6) is 0 Å². The predicted molar refractivity (Wildman–Crippen MR) is 122 cm³/mol. The summed E-state index contributed by atoms with van der Waals surface area (Å²) in [5.74, 6) is -4.29. The van der Waals surface area contributed by atoms with Gasteiger partial charge in [-0.15, -0.1) is 0 Å². The summed E-state index contributed by atoms with van der Waals surface area (Å²) >= 11 is -1.92. The van der Waals surface area contributed by atoms with Crippen molar-refractivity contribution in [1.29, 1.82) is 0 Å². The van der Waals surface area contributed by atoms with Crippen molar-refractivity contribution in [2.75, 3.05) is 0 Å². The van der Waals surface area contributed by atoms with Gasteiger partial charge in [-0.2, -0.15) is 0 Å². The Labute approximate surface area is 222 Å². The average Bonchev–Trinajstić information content (AvgIpc) is 2.89. The molecule has 0 aromatic heterocycles. The van der Waals surface area contributed by atoms with Crippen LogP contribution in [0.4, 0.5) is 0 Å². The summed E-state index contributed by atoms with van der Waals surface area (Å²) in [4.78, 5) is 76.3. The van der Waals surface area contributed by atoms with Crippen LogP contribution in [0.2, 0.25) is 0 Å². The standard InChI is InChI=1S/C26H20IN2O8/c30-21-11-19(12-22(31)28(21)15-17-7-3-1-4-8-17)25(34)36-27-37-26(35)20-13-23(32)29(24(33)14-20)16-18-9-5-2-6-10-18/h1-11,13H,12,14-16H2/q-1. The van der Waals surface area contributed by atoms with E-state index in [1.165, 1.54) is 0 Å². The van der Waals surface area contributed by atoms with Crippen molar-refractivity contribution in [3.05, 3.63) is 95.1 Å². The first-order valence-electron chi connectivity index (χ1n) is 11.1. The van der Waals surface area contributed by atoms with E-state index < -0.39 is 57.6 Å². The Balaban J connectivity index is 1.28. The van der Waals surface area contributed by atoms with Crippen molar-refractivity contribution in [1.82, 2.24) is 9.80 Å². The molecule has 0 bridgehead atoms. The molecule has 0 saturated heterocycles. The molecule has 0 saturated carbocycles. The summed E-state index contributed by atoms with van der Waals surface area (Å²) < 4.78 is 9.95. The zero-order valence-electron chi connectivity index (χ0n) is 19.3. The molecule has 190 valence electrons. The second-order valence-electron chi connectivity index (χ2n) is 8.09. The Hall–Kier alpha value is -4.13. The number of rotatable bonds is 8. The second-order valence-corrected chi connectivity index (χ2v) is 9.33. The van der Waals surface area contributed by atoms with Crippen LogP contribution in [0.1, 0.15) is 24.0 Å². The molecule has 2 aliphatic heterocycles. The number of imide groups is 2. The van der Waals surface area contributed by atoms with Crippen molar-refractivity contribution in [2.24, 2.45) is 0 Å². The molecule has 2 aromatic carbocycles. The molecule has 0 radical (unpaired) electrons. The summed E-state index contributed by atoms with van der Waals surface area (Å²) in [5, 5.41) is 0. The molecular formula is C26H20IN2O8-. The van der Waals surface area contributed by atoms with Crippen LogP contribution in [0.25, 0.3) is 0 Å². The third kappa shape index (κ3) is 6.55. The van der Waals surface area contributed by atoms with Gasteiger partial charge in [0.2, 0.25) is 0 Å². The fraction of sp³-hybridized carbons (Fsp3) is 0.154. The number of benzene rings is 2. The van der Waals surface area contributed by atoms with Gasteiger partial charge in [0.05, 0.1) is 0 Å². The van der Waals surface area contributed by atoms with Gasteiger partial charge in [0, 0.05) is 0 Å². The number of carbonyl (C=O) groups is 6. The summed E-state index contributed by atoms with van der Waals surface area (Å²) in [7, 11) is 0. The third-order valence-corrected chi connectivity index (χ3v) is 6.67. The minimum absolute atomic E-state index is 0.0806. The van der Waals surface area contributed by atoms with E-state index in [2.05, 4.69) is 0 Å². The minimum atomic E-state index is -1.92. The maximum atomic E-state index is 12.4. The molecule has 4 rings (SSSR count). The van der Waals surface area contributed by atoms with Crippen molar-refractivity contribution >= 4 is 35.6 Å². The number of hydrogen-bond acceptors (Lipinski definition) is 8. The third-order valence-electron chi connectivity index (χ3n) is 5.51. The number of nitrogens with zero attached hydrogens (tertiary/aromatic N) is 2.